The molecule has 16 heavy (non-hydrogen) atoms. The molecule has 1 aromatic rings. The highest BCUT2D eigenvalue weighted by Crippen LogP contribution is 2.09. The smallest absolute Gasteiger partial charge is 0.242 e. The molecule has 0 aliphatic rings. The molecule has 90 valence electrons. The first-order valence-corrected chi connectivity index (χ1v) is 6.17. The van der Waals surface area contributed by atoms with Gasteiger partial charge in [-0.05, 0) is 19.1 Å². The molecule has 0 spiro atoms. The Hall–Kier alpha value is -1.18. The number of nitrogens with zero attached hydrogens (tertiary/aromatic N) is 1. The third-order valence-corrected chi connectivity index (χ3v) is 3.42. The maximum absolute atomic E-state index is 11.8. The molecular formula is C9H15N3O3S. The first-order chi connectivity index (χ1) is 7.45. The Morgan fingerprint density at radius 2 is 2.25 bits per heavy atom. The molecule has 0 amide bonds. The Bertz CT molecular complexity index is 430. The Morgan fingerprint density at radius 1 is 1.56 bits per heavy atom. The average Bonchev–Trinajstić information content (AvgIpc) is 2.17. The third-order valence-electron chi connectivity index (χ3n) is 1.84. The SMILES string of the molecule is COCC(C)NS(=O)(=O)c1ccc(N)nc1. The standard InChI is InChI=1S/C9H15N3O3S/c1-7(6-15-2)12-16(13,14)8-3-4-9(10)11-5-8/h3-5,7,12H,6H2,1-2H3,(H2,10,11). The van der Waals surface area contributed by atoms with Gasteiger partial charge in [-0.25, -0.2) is 18.1 Å². The highest BCUT2D eigenvalue weighted by molar-refractivity contribution is 7.89. The Kier molecular flexibility index (Phi) is 4.22. The fourth-order valence-electron chi connectivity index (χ4n) is 1.17. The number of hydrogen-bond acceptors (Lipinski definition) is 5. The molecule has 0 radical (unpaired) electrons. The van der Waals surface area contributed by atoms with Crippen molar-refractivity contribution in [1.29, 1.82) is 0 Å². The van der Waals surface area contributed by atoms with Crippen molar-refractivity contribution in [1.82, 2.24) is 9.71 Å². The summed E-state index contributed by atoms with van der Waals surface area (Å²) in [5.74, 6) is 0.281. The number of nitrogens with two attached hydrogens (primary N) is 1. The van der Waals surface area contributed by atoms with Crippen molar-refractivity contribution in [3.8, 4) is 0 Å². The average molecular weight is 245 g/mol. The predicted octanol–water partition coefficient (Wildman–Crippen LogP) is -0.0230. The van der Waals surface area contributed by atoms with Crippen LogP contribution in [0.4, 0.5) is 5.82 Å². The van der Waals surface area contributed by atoms with E-state index < -0.39 is 10.0 Å². The number of sulfonamides is 1. The van der Waals surface area contributed by atoms with Gasteiger partial charge in [0.15, 0.2) is 0 Å². The molecule has 1 atom stereocenters. The van der Waals surface area contributed by atoms with Crippen molar-refractivity contribution in [2.24, 2.45) is 0 Å². The summed E-state index contributed by atoms with van der Waals surface area (Å²) in [7, 11) is -2.04. The van der Waals surface area contributed by atoms with E-state index in [1.807, 2.05) is 0 Å². The molecule has 0 aliphatic heterocycles. The van der Waals surface area contributed by atoms with E-state index in [9.17, 15) is 8.42 Å². The molecule has 0 bridgehead atoms. The van der Waals surface area contributed by atoms with Crippen LogP contribution in [0.15, 0.2) is 23.2 Å². The van der Waals surface area contributed by atoms with Crippen LogP contribution in [0.1, 0.15) is 6.92 Å². The molecule has 0 aromatic carbocycles. The number of anilines is 1. The van der Waals surface area contributed by atoms with Crippen LogP contribution in [0.5, 0.6) is 0 Å². The quantitative estimate of drug-likeness (QED) is 0.760. The summed E-state index contributed by atoms with van der Waals surface area (Å²) in [6.45, 7) is 2.02. The molecule has 7 heteroatoms. The first-order valence-electron chi connectivity index (χ1n) is 4.68. The summed E-state index contributed by atoms with van der Waals surface area (Å²) in [5.41, 5.74) is 5.37. The predicted molar refractivity (Wildman–Crippen MR) is 60.3 cm³/mol. The highest BCUT2D eigenvalue weighted by atomic mass is 32.2. The number of hydrogen-bond donors (Lipinski definition) is 2. The maximum atomic E-state index is 11.8. The minimum absolute atomic E-state index is 0.0876. The number of pyridine rings is 1. The summed E-state index contributed by atoms with van der Waals surface area (Å²) in [4.78, 5) is 3.81. The molecule has 6 nitrogen and oxygen atoms in total. The van der Waals surface area contributed by atoms with Crippen LogP contribution in [-0.2, 0) is 14.8 Å². The van der Waals surface area contributed by atoms with Gasteiger partial charge in [-0.2, -0.15) is 0 Å². The van der Waals surface area contributed by atoms with Gasteiger partial charge in [0.2, 0.25) is 10.0 Å². The van der Waals surface area contributed by atoms with Crippen LogP contribution < -0.4 is 10.5 Å². The molecule has 0 saturated heterocycles. The van der Waals surface area contributed by atoms with Gasteiger partial charge in [0.25, 0.3) is 0 Å². The Balaban J connectivity index is 2.82. The lowest BCUT2D eigenvalue weighted by Gasteiger charge is -2.12. The topological polar surface area (TPSA) is 94.3 Å². The van der Waals surface area contributed by atoms with Crippen molar-refractivity contribution in [2.75, 3.05) is 19.5 Å². The van der Waals surface area contributed by atoms with Crippen molar-refractivity contribution < 1.29 is 13.2 Å². The van der Waals surface area contributed by atoms with E-state index >= 15 is 0 Å². The van der Waals surface area contributed by atoms with Crippen LogP contribution in [0.2, 0.25) is 0 Å². The van der Waals surface area contributed by atoms with Gasteiger partial charge in [-0.1, -0.05) is 0 Å². The molecule has 3 N–H and O–H groups in total. The second kappa shape index (κ2) is 5.24. The normalized spacial score (nSPS) is 13.6. The van der Waals surface area contributed by atoms with E-state index in [1.165, 1.54) is 25.4 Å². The molecule has 0 aliphatic carbocycles. The summed E-state index contributed by atoms with van der Waals surface area (Å²) in [5, 5.41) is 0. The number of rotatable bonds is 5. The lowest BCUT2D eigenvalue weighted by Crippen LogP contribution is -2.35. The van der Waals surface area contributed by atoms with Crippen molar-refractivity contribution >= 4 is 15.8 Å². The number of nitrogen functional groups attached to an aromatic ring is 1. The molecule has 1 heterocycles. The van der Waals surface area contributed by atoms with Crippen molar-refractivity contribution in [3.05, 3.63) is 18.3 Å². The van der Waals surface area contributed by atoms with Gasteiger partial charge in [-0.15, -0.1) is 0 Å². The monoisotopic (exact) mass is 245 g/mol. The lowest BCUT2D eigenvalue weighted by atomic mass is 10.4. The van der Waals surface area contributed by atoms with E-state index in [2.05, 4.69) is 9.71 Å². The zero-order chi connectivity index (χ0) is 12.2. The van der Waals surface area contributed by atoms with Crippen LogP contribution in [0, 0.1) is 0 Å². The second-order valence-electron chi connectivity index (χ2n) is 3.40. The van der Waals surface area contributed by atoms with Crippen molar-refractivity contribution in [2.45, 2.75) is 17.9 Å². The fourth-order valence-corrected chi connectivity index (χ4v) is 2.34. The number of aromatic nitrogens is 1. The zero-order valence-corrected chi connectivity index (χ0v) is 9.99. The van der Waals surface area contributed by atoms with E-state index in [1.54, 1.807) is 6.92 Å². The number of nitrogens with one attached hydrogen (secondary N) is 1. The molecule has 1 aromatic heterocycles. The van der Waals surface area contributed by atoms with E-state index in [0.29, 0.717) is 6.61 Å². The molecule has 0 saturated carbocycles. The summed E-state index contributed by atoms with van der Waals surface area (Å²) >= 11 is 0. The van der Waals surface area contributed by atoms with Gasteiger partial charge < -0.3 is 10.5 Å². The second-order valence-corrected chi connectivity index (χ2v) is 5.11. The summed E-state index contributed by atoms with van der Waals surface area (Å²) in [6.07, 6.45) is 1.22. The number of methoxy groups -OCH3 is 1. The van der Waals surface area contributed by atoms with Gasteiger partial charge in [0, 0.05) is 19.3 Å². The van der Waals surface area contributed by atoms with Gasteiger partial charge in [0.05, 0.1) is 6.61 Å². The highest BCUT2D eigenvalue weighted by Gasteiger charge is 2.17. The molecule has 1 rings (SSSR count). The summed E-state index contributed by atoms with van der Waals surface area (Å²) in [6, 6.07) is 2.55. The minimum atomic E-state index is -3.55. The van der Waals surface area contributed by atoms with Crippen LogP contribution in [0.25, 0.3) is 0 Å². The lowest BCUT2D eigenvalue weighted by molar-refractivity contribution is 0.180. The fraction of sp³-hybridized carbons (Fsp3) is 0.444. The van der Waals surface area contributed by atoms with Crippen LogP contribution >= 0.6 is 0 Å². The maximum Gasteiger partial charge on any atom is 0.242 e. The molecular weight excluding hydrogens is 230 g/mol. The minimum Gasteiger partial charge on any atom is -0.384 e. The van der Waals surface area contributed by atoms with Crippen molar-refractivity contribution in [3.63, 3.8) is 0 Å². The van der Waals surface area contributed by atoms with E-state index in [0.717, 1.165) is 0 Å². The zero-order valence-electron chi connectivity index (χ0n) is 9.17. The van der Waals surface area contributed by atoms with Gasteiger partial charge in [-0.3, -0.25) is 0 Å². The van der Waals surface area contributed by atoms with Crippen LogP contribution in [0.3, 0.4) is 0 Å². The molecule has 0 fully saturated rings. The summed E-state index contributed by atoms with van der Waals surface area (Å²) < 4.78 is 30.9. The Labute approximate surface area is 94.9 Å². The third kappa shape index (κ3) is 3.44. The first kappa shape index (κ1) is 12.9. The number of ether oxygens (including phenoxy) is 1. The van der Waals surface area contributed by atoms with Gasteiger partial charge in [0.1, 0.15) is 10.7 Å². The largest absolute Gasteiger partial charge is 0.384 e. The Morgan fingerprint density at radius 3 is 2.75 bits per heavy atom. The van der Waals surface area contributed by atoms with E-state index in [-0.39, 0.29) is 16.8 Å². The van der Waals surface area contributed by atoms with Gasteiger partial charge >= 0.3 is 0 Å². The van der Waals surface area contributed by atoms with E-state index in [4.69, 9.17) is 10.5 Å². The molecule has 1 unspecified atom stereocenters. The van der Waals surface area contributed by atoms with Crippen LogP contribution in [-0.4, -0.2) is 33.2 Å².